The van der Waals surface area contributed by atoms with E-state index in [0.29, 0.717) is 23.3 Å². The van der Waals surface area contributed by atoms with E-state index in [0.717, 1.165) is 5.56 Å². The lowest BCUT2D eigenvalue weighted by molar-refractivity contribution is -0.132. The fourth-order valence-electron chi connectivity index (χ4n) is 3.42. The molecular formula is C21H22N2O4. The lowest BCUT2D eigenvalue weighted by Crippen LogP contribution is -2.43. The number of carbonyl (C=O) groups is 3. The molecule has 27 heavy (non-hydrogen) atoms. The molecule has 1 fully saturated rings. The third-order valence-electron chi connectivity index (χ3n) is 4.99. The molecule has 1 aliphatic rings. The van der Waals surface area contributed by atoms with Gasteiger partial charge in [0.05, 0.1) is 13.7 Å². The van der Waals surface area contributed by atoms with E-state index in [4.69, 9.17) is 4.74 Å². The molecule has 0 aromatic heterocycles. The number of ketones is 1. The minimum Gasteiger partial charge on any atom is -0.496 e. The van der Waals surface area contributed by atoms with Crippen LogP contribution >= 0.6 is 0 Å². The summed E-state index contributed by atoms with van der Waals surface area (Å²) >= 11 is 0. The van der Waals surface area contributed by atoms with Crippen molar-refractivity contribution >= 4 is 17.7 Å². The monoisotopic (exact) mass is 366 g/mol. The van der Waals surface area contributed by atoms with Crippen molar-refractivity contribution < 1.29 is 19.1 Å². The Labute approximate surface area is 158 Å². The molecule has 0 unspecified atom stereocenters. The molecule has 0 bridgehead atoms. The van der Waals surface area contributed by atoms with Crippen LogP contribution < -0.4 is 10.1 Å². The first-order valence-corrected chi connectivity index (χ1v) is 8.80. The van der Waals surface area contributed by atoms with E-state index >= 15 is 0 Å². The average Bonchev–Trinajstić information content (AvgIpc) is 2.93. The second-order valence-electron chi connectivity index (χ2n) is 6.53. The fourth-order valence-corrected chi connectivity index (χ4v) is 3.42. The van der Waals surface area contributed by atoms with E-state index in [9.17, 15) is 14.4 Å². The molecule has 1 aliphatic heterocycles. The quantitative estimate of drug-likeness (QED) is 0.629. The number of nitrogens with zero attached hydrogens (tertiary/aromatic N) is 1. The largest absolute Gasteiger partial charge is 0.496 e. The van der Waals surface area contributed by atoms with Gasteiger partial charge in [0.1, 0.15) is 11.3 Å². The minimum atomic E-state index is -1.08. The summed E-state index contributed by atoms with van der Waals surface area (Å²) in [7, 11) is 1.51. The van der Waals surface area contributed by atoms with Crippen molar-refractivity contribution in [2.24, 2.45) is 0 Å². The van der Waals surface area contributed by atoms with E-state index in [2.05, 4.69) is 5.32 Å². The number of nitrogens with one attached hydrogen (secondary N) is 1. The number of ether oxygens (including phenoxy) is 1. The van der Waals surface area contributed by atoms with Crippen LogP contribution in [-0.2, 0) is 16.9 Å². The van der Waals surface area contributed by atoms with E-state index in [1.54, 1.807) is 18.2 Å². The molecule has 1 atom stereocenters. The molecular weight excluding hydrogens is 344 g/mol. The van der Waals surface area contributed by atoms with Crippen LogP contribution in [0.5, 0.6) is 5.75 Å². The number of imide groups is 1. The molecule has 1 heterocycles. The Bertz CT molecular complexity index is 894. The first-order chi connectivity index (χ1) is 12.9. The van der Waals surface area contributed by atoms with Crippen LogP contribution in [0, 0.1) is 0 Å². The Morgan fingerprint density at radius 2 is 1.85 bits per heavy atom. The van der Waals surface area contributed by atoms with E-state index < -0.39 is 11.6 Å². The SMILES string of the molecule is CC[C@]1(c2ccccc2)NC(=O)N(Cc2cc(C(C)=O)ccc2OC)C1=O. The normalized spacial score (nSPS) is 19.1. The number of carbonyl (C=O) groups excluding carboxylic acids is 3. The van der Waals surface area contributed by atoms with E-state index in [1.807, 2.05) is 37.3 Å². The summed E-state index contributed by atoms with van der Waals surface area (Å²) in [5.41, 5.74) is 0.776. The van der Waals surface area contributed by atoms with Gasteiger partial charge in [-0.1, -0.05) is 37.3 Å². The van der Waals surface area contributed by atoms with Gasteiger partial charge < -0.3 is 10.1 Å². The van der Waals surface area contributed by atoms with Gasteiger partial charge in [-0.3, -0.25) is 14.5 Å². The second kappa shape index (κ2) is 7.23. The number of hydrogen-bond acceptors (Lipinski definition) is 4. The number of Topliss-reactive ketones (excluding diaryl/α,β-unsaturated/α-hetero) is 1. The van der Waals surface area contributed by atoms with Gasteiger partial charge in [0.2, 0.25) is 0 Å². The Morgan fingerprint density at radius 3 is 2.44 bits per heavy atom. The summed E-state index contributed by atoms with van der Waals surface area (Å²) < 4.78 is 5.34. The second-order valence-corrected chi connectivity index (χ2v) is 6.53. The molecule has 0 saturated carbocycles. The topological polar surface area (TPSA) is 75.7 Å². The number of amides is 3. The highest BCUT2D eigenvalue weighted by Crippen LogP contribution is 2.34. The van der Waals surface area contributed by atoms with Gasteiger partial charge in [-0.2, -0.15) is 0 Å². The van der Waals surface area contributed by atoms with Crippen molar-refractivity contribution in [3.05, 3.63) is 65.2 Å². The maximum atomic E-state index is 13.2. The van der Waals surface area contributed by atoms with Gasteiger partial charge in [-0.15, -0.1) is 0 Å². The molecule has 2 aromatic carbocycles. The van der Waals surface area contributed by atoms with Crippen LogP contribution in [-0.4, -0.2) is 29.7 Å². The summed E-state index contributed by atoms with van der Waals surface area (Å²) in [6.45, 7) is 3.37. The van der Waals surface area contributed by atoms with Crippen molar-refractivity contribution in [1.82, 2.24) is 10.2 Å². The number of benzene rings is 2. The van der Waals surface area contributed by atoms with Crippen molar-refractivity contribution in [3.8, 4) is 5.75 Å². The molecule has 1 saturated heterocycles. The molecule has 6 nitrogen and oxygen atoms in total. The summed E-state index contributed by atoms with van der Waals surface area (Å²) in [5.74, 6) is 0.120. The Hall–Kier alpha value is -3.15. The third kappa shape index (κ3) is 3.18. The van der Waals surface area contributed by atoms with Crippen LogP contribution in [0.2, 0.25) is 0 Å². The van der Waals surface area contributed by atoms with E-state index in [1.165, 1.54) is 18.9 Å². The lowest BCUT2D eigenvalue weighted by atomic mass is 9.87. The molecule has 2 aromatic rings. The summed E-state index contributed by atoms with van der Waals surface area (Å²) in [4.78, 5) is 38.7. The zero-order valence-electron chi connectivity index (χ0n) is 15.6. The van der Waals surface area contributed by atoms with Crippen molar-refractivity contribution in [3.63, 3.8) is 0 Å². The molecule has 0 aliphatic carbocycles. The Morgan fingerprint density at radius 1 is 1.15 bits per heavy atom. The molecule has 0 radical (unpaired) electrons. The van der Waals surface area contributed by atoms with Crippen molar-refractivity contribution in [2.75, 3.05) is 7.11 Å². The van der Waals surface area contributed by atoms with Gasteiger partial charge in [-0.25, -0.2) is 4.79 Å². The van der Waals surface area contributed by atoms with Gasteiger partial charge >= 0.3 is 6.03 Å². The predicted molar refractivity (Wildman–Crippen MR) is 100 cm³/mol. The van der Waals surface area contributed by atoms with Crippen LogP contribution in [0.4, 0.5) is 4.79 Å². The first kappa shape index (κ1) is 18.6. The standard InChI is InChI=1S/C21H22N2O4/c1-4-21(17-8-6-5-7-9-17)19(25)23(20(26)22-21)13-16-12-15(14(2)24)10-11-18(16)27-3/h5-12H,4,13H2,1-3H3,(H,22,26)/t21-/m1/s1. The van der Waals surface area contributed by atoms with Crippen LogP contribution in [0.1, 0.15) is 41.8 Å². The third-order valence-corrected chi connectivity index (χ3v) is 4.99. The van der Waals surface area contributed by atoms with Crippen molar-refractivity contribution in [1.29, 1.82) is 0 Å². The average molecular weight is 366 g/mol. The number of rotatable bonds is 6. The predicted octanol–water partition coefficient (Wildman–Crippen LogP) is 3.26. The molecule has 140 valence electrons. The first-order valence-electron chi connectivity index (χ1n) is 8.80. The minimum absolute atomic E-state index is 0.0313. The van der Waals surface area contributed by atoms with Gasteiger partial charge in [0.25, 0.3) is 5.91 Å². The fraction of sp³-hybridized carbons (Fsp3) is 0.286. The van der Waals surface area contributed by atoms with Crippen LogP contribution in [0.25, 0.3) is 0 Å². The summed E-state index contributed by atoms with van der Waals surface area (Å²) in [5, 5.41) is 2.86. The maximum absolute atomic E-state index is 13.2. The zero-order chi connectivity index (χ0) is 19.6. The molecule has 1 N–H and O–H groups in total. The summed E-state index contributed by atoms with van der Waals surface area (Å²) in [6, 6.07) is 13.8. The van der Waals surface area contributed by atoms with Gasteiger partial charge in [0.15, 0.2) is 5.78 Å². The molecule has 6 heteroatoms. The number of methoxy groups -OCH3 is 1. The lowest BCUT2D eigenvalue weighted by Gasteiger charge is -2.26. The van der Waals surface area contributed by atoms with Gasteiger partial charge in [0, 0.05) is 11.1 Å². The molecule has 3 amide bonds. The van der Waals surface area contributed by atoms with Crippen molar-refractivity contribution in [2.45, 2.75) is 32.4 Å². The smallest absolute Gasteiger partial charge is 0.325 e. The highest BCUT2D eigenvalue weighted by Gasteiger charge is 2.51. The van der Waals surface area contributed by atoms with Crippen LogP contribution in [0.15, 0.2) is 48.5 Å². The number of hydrogen-bond donors (Lipinski definition) is 1. The highest BCUT2D eigenvalue weighted by atomic mass is 16.5. The van der Waals surface area contributed by atoms with Crippen LogP contribution in [0.3, 0.4) is 0 Å². The maximum Gasteiger partial charge on any atom is 0.325 e. The summed E-state index contributed by atoms with van der Waals surface area (Å²) in [6.07, 6.45) is 0.433. The molecule has 0 spiro atoms. The Balaban J connectivity index is 1.97. The van der Waals surface area contributed by atoms with E-state index in [-0.39, 0.29) is 18.2 Å². The zero-order valence-corrected chi connectivity index (χ0v) is 15.6. The van der Waals surface area contributed by atoms with Gasteiger partial charge in [-0.05, 0) is 37.1 Å². The highest BCUT2D eigenvalue weighted by molar-refractivity contribution is 6.07. The Kier molecular flexibility index (Phi) is 4.99. The number of urea groups is 1. The molecule has 3 rings (SSSR count).